The van der Waals surface area contributed by atoms with Gasteiger partial charge in [-0.2, -0.15) is 4.39 Å². The smallest absolute Gasteiger partial charge is 0.203 e. The number of hydrogen-bond acceptors (Lipinski definition) is 2. The normalized spacial score (nSPS) is 17.4. The lowest BCUT2D eigenvalue weighted by molar-refractivity contribution is 0.351. The minimum Gasteiger partial charge on any atom is -0.503 e. The molecule has 2 nitrogen and oxygen atoms in total. The monoisotopic (exact) mass is 245 g/mol. The zero-order chi connectivity index (χ0) is 12.4. The van der Waals surface area contributed by atoms with E-state index in [1.54, 1.807) is 0 Å². The molecule has 0 radical (unpaired) electrons. The fraction of sp³-hybridized carbons (Fsp3) is 0.500. The molecule has 1 aliphatic rings. The predicted octanol–water partition coefficient (Wildman–Crippen LogP) is 2.35. The lowest BCUT2D eigenvalue weighted by atomic mass is 9.90. The van der Waals surface area contributed by atoms with Crippen molar-refractivity contribution in [2.75, 3.05) is 13.1 Å². The number of rotatable bonds is 2. The Kier molecular flexibility index (Phi) is 3.57. The molecule has 1 aliphatic heterocycles. The highest BCUT2D eigenvalue weighted by molar-refractivity contribution is 5.33. The fourth-order valence-corrected chi connectivity index (χ4v) is 2.19. The fourth-order valence-electron chi connectivity index (χ4n) is 2.19. The lowest BCUT2D eigenvalue weighted by Crippen LogP contribution is -2.28. The SMILES string of the molecule is Oc1c(F)c(F)cc(CC2CCNCC2)c1F. The summed E-state index contributed by atoms with van der Waals surface area (Å²) in [5, 5.41) is 12.3. The van der Waals surface area contributed by atoms with Crippen LogP contribution in [0.2, 0.25) is 0 Å². The predicted molar refractivity (Wildman–Crippen MR) is 57.3 cm³/mol. The molecule has 2 N–H and O–H groups in total. The van der Waals surface area contributed by atoms with Gasteiger partial charge in [-0.05, 0) is 49.9 Å². The molecule has 0 saturated carbocycles. The van der Waals surface area contributed by atoms with Gasteiger partial charge in [-0.1, -0.05) is 0 Å². The summed E-state index contributed by atoms with van der Waals surface area (Å²) in [7, 11) is 0. The van der Waals surface area contributed by atoms with E-state index in [1.165, 1.54) is 0 Å². The summed E-state index contributed by atoms with van der Waals surface area (Å²) in [5.74, 6) is -4.73. The van der Waals surface area contributed by atoms with Gasteiger partial charge in [0.15, 0.2) is 17.4 Å². The van der Waals surface area contributed by atoms with Gasteiger partial charge >= 0.3 is 0 Å². The molecule has 0 spiro atoms. The van der Waals surface area contributed by atoms with Crippen molar-refractivity contribution >= 4 is 0 Å². The van der Waals surface area contributed by atoms with Gasteiger partial charge in [-0.3, -0.25) is 0 Å². The highest BCUT2D eigenvalue weighted by Gasteiger charge is 2.21. The van der Waals surface area contributed by atoms with Gasteiger partial charge in [-0.15, -0.1) is 0 Å². The van der Waals surface area contributed by atoms with Gasteiger partial charge in [0.25, 0.3) is 0 Å². The standard InChI is InChI=1S/C12H14F3NO/c13-9-6-8(10(14)12(17)11(9)15)5-7-1-3-16-4-2-7/h6-7,16-17H,1-5H2. The average molecular weight is 245 g/mol. The van der Waals surface area contributed by atoms with Crippen LogP contribution in [0.1, 0.15) is 18.4 Å². The van der Waals surface area contributed by atoms with E-state index in [9.17, 15) is 13.2 Å². The minimum absolute atomic E-state index is 0.0494. The Bertz CT molecular complexity index is 417. The second-order valence-corrected chi connectivity index (χ2v) is 4.39. The second kappa shape index (κ2) is 4.96. The largest absolute Gasteiger partial charge is 0.503 e. The topological polar surface area (TPSA) is 32.3 Å². The van der Waals surface area contributed by atoms with Crippen molar-refractivity contribution < 1.29 is 18.3 Å². The molecular formula is C12H14F3NO. The number of phenolic OH excluding ortho intramolecular Hbond substituents is 1. The molecule has 1 heterocycles. The van der Waals surface area contributed by atoms with E-state index < -0.39 is 23.2 Å². The summed E-state index contributed by atoms with van der Waals surface area (Å²) in [6.07, 6.45) is 2.08. The molecule has 0 atom stereocenters. The molecule has 2 rings (SSSR count). The third kappa shape index (κ3) is 2.54. The molecule has 0 aromatic heterocycles. The van der Waals surface area contributed by atoms with E-state index in [1.807, 2.05) is 0 Å². The quantitative estimate of drug-likeness (QED) is 0.784. The Hall–Kier alpha value is -1.23. The Morgan fingerprint density at radius 1 is 1.18 bits per heavy atom. The summed E-state index contributed by atoms with van der Waals surface area (Å²) >= 11 is 0. The molecule has 0 bridgehead atoms. The van der Waals surface area contributed by atoms with Crippen LogP contribution >= 0.6 is 0 Å². The summed E-state index contributed by atoms with van der Waals surface area (Å²) < 4.78 is 39.5. The van der Waals surface area contributed by atoms with E-state index in [2.05, 4.69) is 5.32 Å². The molecule has 0 unspecified atom stereocenters. The first-order valence-electron chi connectivity index (χ1n) is 5.65. The molecule has 1 fully saturated rings. The van der Waals surface area contributed by atoms with Crippen molar-refractivity contribution in [3.05, 3.63) is 29.1 Å². The van der Waals surface area contributed by atoms with Crippen molar-refractivity contribution in [1.29, 1.82) is 0 Å². The molecule has 1 saturated heterocycles. The number of hydrogen-bond donors (Lipinski definition) is 2. The van der Waals surface area contributed by atoms with Crippen LogP contribution in [0.15, 0.2) is 6.07 Å². The van der Waals surface area contributed by atoms with Crippen molar-refractivity contribution in [3.8, 4) is 5.75 Å². The van der Waals surface area contributed by atoms with Gasteiger partial charge in [0.2, 0.25) is 5.82 Å². The first-order valence-corrected chi connectivity index (χ1v) is 5.65. The number of benzene rings is 1. The number of piperidine rings is 1. The van der Waals surface area contributed by atoms with Crippen LogP contribution in [0, 0.1) is 23.4 Å². The molecule has 94 valence electrons. The lowest BCUT2D eigenvalue weighted by Gasteiger charge is -2.22. The highest BCUT2D eigenvalue weighted by Crippen LogP contribution is 2.28. The van der Waals surface area contributed by atoms with E-state index >= 15 is 0 Å². The second-order valence-electron chi connectivity index (χ2n) is 4.39. The van der Waals surface area contributed by atoms with Crippen molar-refractivity contribution in [3.63, 3.8) is 0 Å². The zero-order valence-corrected chi connectivity index (χ0v) is 9.27. The van der Waals surface area contributed by atoms with E-state index in [0.717, 1.165) is 32.0 Å². The van der Waals surface area contributed by atoms with Crippen LogP contribution in [0.3, 0.4) is 0 Å². The summed E-state index contributed by atoms with van der Waals surface area (Å²) in [6.45, 7) is 1.70. The van der Waals surface area contributed by atoms with Gasteiger partial charge < -0.3 is 10.4 Å². The van der Waals surface area contributed by atoms with Crippen LogP contribution in [-0.2, 0) is 6.42 Å². The molecule has 5 heteroatoms. The number of phenols is 1. The third-order valence-corrected chi connectivity index (χ3v) is 3.18. The van der Waals surface area contributed by atoms with Crippen LogP contribution in [0.4, 0.5) is 13.2 Å². The maximum Gasteiger partial charge on any atom is 0.203 e. The van der Waals surface area contributed by atoms with Crippen molar-refractivity contribution in [1.82, 2.24) is 5.32 Å². The molecule has 1 aromatic rings. The van der Waals surface area contributed by atoms with E-state index in [4.69, 9.17) is 5.11 Å². The first kappa shape index (κ1) is 12.2. The Morgan fingerprint density at radius 2 is 1.82 bits per heavy atom. The summed E-state index contributed by atoms with van der Waals surface area (Å²) in [4.78, 5) is 0. The van der Waals surface area contributed by atoms with Crippen LogP contribution in [-0.4, -0.2) is 18.2 Å². The molecule has 17 heavy (non-hydrogen) atoms. The average Bonchev–Trinajstić information content (AvgIpc) is 2.35. The van der Waals surface area contributed by atoms with E-state index in [-0.39, 0.29) is 11.5 Å². The Balaban J connectivity index is 2.20. The van der Waals surface area contributed by atoms with Crippen LogP contribution in [0.25, 0.3) is 0 Å². The minimum atomic E-state index is -1.52. The molecule has 0 amide bonds. The van der Waals surface area contributed by atoms with Crippen molar-refractivity contribution in [2.45, 2.75) is 19.3 Å². The zero-order valence-electron chi connectivity index (χ0n) is 9.27. The Morgan fingerprint density at radius 3 is 2.47 bits per heavy atom. The Labute approximate surface area is 97.5 Å². The number of nitrogens with one attached hydrogen (secondary N) is 1. The van der Waals surface area contributed by atoms with Crippen LogP contribution in [0.5, 0.6) is 5.75 Å². The molecular weight excluding hydrogens is 231 g/mol. The van der Waals surface area contributed by atoms with Gasteiger partial charge in [0.05, 0.1) is 0 Å². The maximum absolute atomic E-state index is 13.5. The maximum atomic E-state index is 13.5. The van der Waals surface area contributed by atoms with Crippen molar-refractivity contribution in [2.24, 2.45) is 5.92 Å². The number of halogens is 3. The summed E-state index contributed by atoms with van der Waals surface area (Å²) in [6, 6.07) is 0.840. The van der Waals surface area contributed by atoms with Gasteiger partial charge in [-0.25, -0.2) is 8.78 Å². The molecule has 0 aliphatic carbocycles. The van der Waals surface area contributed by atoms with Crippen LogP contribution < -0.4 is 5.32 Å². The highest BCUT2D eigenvalue weighted by atomic mass is 19.2. The third-order valence-electron chi connectivity index (χ3n) is 3.18. The number of aromatic hydroxyl groups is 1. The van der Waals surface area contributed by atoms with E-state index in [0.29, 0.717) is 6.42 Å². The summed E-state index contributed by atoms with van der Waals surface area (Å²) in [5.41, 5.74) is 0.0494. The first-order chi connectivity index (χ1) is 8.09. The van der Waals surface area contributed by atoms with Gasteiger partial charge in [0.1, 0.15) is 0 Å². The van der Waals surface area contributed by atoms with Gasteiger partial charge in [0, 0.05) is 0 Å². The molecule has 1 aromatic carbocycles.